The molecule has 0 aromatic heterocycles. The van der Waals surface area contributed by atoms with Gasteiger partial charge in [-0.2, -0.15) is 0 Å². The molecule has 1 heterocycles. The first-order valence-electron chi connectivity index (χ1n) is 7.90. The maximum absolute atomic E-state index is 12.9. The number of esters is 1. The van der Waals surface area contributed by atoms with E-state index >= 15 is 0 Å². The van der Waals surface area contributed by atoms with Crippen LogP contribution in [0.25, 0.3) is 0 Å². The van der Waals surface area contributed by atoms with Crippen molar-refractivity contribution in [1.82, 2.24) is 10.2 Å². The van der Waals surface area contributed by atoms with Crippen LogP contribution in [0.2, 0.25) is 0 Å². The number of methoxy groups -OCH3 is 1. The molecule has 0 saturated carbocycles. The fourth-order valence-electron chi connectivity index (χ4n) is 2.71. The molecule has 25 heavy (non-hydrogen) atoms. The number of sulfone groups is 1. The molecule has 0 bridgehead atoms. The molecule has 1 amide bonds. The second-order valence-electron chi connectivity index (χ2n) is 5.75. The number of carbonyl (C=O) groups excluding carboxylic acids is 2. The van der Waals surface area contributed by atoms with Gasteiger partial charge >= 0.3 is 5.97 Å². The normalized spacial score (nSPS) is 18.6. The lowest BCUT2D eigenvalue weighted by atomic mass is 10.1. The zero-order valence-corrected chi connectivity index (χ0v) is 14.7. The van der Waals surface area contributed by atoms with Crippen molar-refractivity contribution >= 4 is 21.7 Å². The number of hydrogen-bond donors (Lipinski definition) is 1. The van der Waals surface area contributed by atoms with E-state index in [2.05, 4.69) is 10.1 Å². The van der Waals surface area contributed by atoms with E-state index < -0.39 is 27.7 Å². The number of carbonyl (C=O) groups is 2. The van der Waals surface area contributed by atoms with Crippen molar-refractivity contribution in [3.05, 3.63) is 30.1 Å². The summed E-state index contributed by atoms with van der Waals surface area (Å²) in [7, 11) is -2.27. The van der Waals surface area contributed by atoms with Crippen molar-refractivity contribution in [2.75, 3.05) is 32.5 Å². The van der Waals surface area contributed by atoms with Gasteiger partial charge in [0.15, 0.2) is 9.84 Å². The monoisotopic (exact) mass is 372 g/mol. The number of amides is 1. The summed E-state index contributed by atoms with van der Waals surface area (Å²) in [4.78, 5) is 25.3. The highest BCUT2D eigenvalue weighted by molar-refractivity contribution is 7.91. The highest BCUT2D eigenvalue weighted by atomic mass is 32.2. The molecule has 138 valence electrons. The Kier molecular flexibility index (Phi) is 6.49. The summed E-state index contributed by atoms with van der Waals surface area (Å²) in [6.07, 6.45) is 0.220. The molecule has 1 aliphatic rings. The highest BCUT2D eigenvalue weighted by Gasteiger charge is 2.31. The van der Waals surface area contributed by atoms with Crippen molar-refractivity contribution in [3.63, 3.8) is 0 Å². The van der Waals surface area contributed by atoms with Gasteiger partial charge in [-0.1, -0.05) is 0 Å². The third-order valence-electron chi connectivity index (χ3n) is 4.06. The largest absolute Gasteiger partial charge is 0.469 e. The van der Waals surface area contributed by atoms with E-state index in [1.54, 1.807) is 4.90 Å². The summed E-state index contributed by atoms with van der Waals surface area (Å²) in [6.45, 7) is 1.33. The van der Waals surface area contributed by atoms with E-state index in [0.717, 1.165) is 12.1 Å². The van der Waals surface area contributed by atoms with E-state index in [4.69, 9.17) is 0 Å². The summed E-state index contributed by atoms with van der Waals surface area (Å²) in [6, 6.07) is 4.02. The molecule has 1 unspecified atom stereocenters. The van der Waals surface area contributed by atoms with Gasteiger partial charge in [0.2, 0.25) is 5.91 Å². The molecule has 7 nitrogen and oxygen atoms in total. The fraction of sp³-hybridized carbons (Fsp3) is 0.500. The van der Waals surface area contributed by atoms with Gasteiger partial charge in [-0.15, -0.1) is 0 Å². The third-order valence-corrected chi connectivity index (χ3v) is 5.88. The summed E-state index contributed by atoms with van der Waals surface area (Å²) in [5.41, 5.74) is 0. The molecule has 1 saturated heterocycles. The molecule has 1 aliphatic heterocycles. The first-order chi connectivity index (χ1) is 11.8. The molecular weight excluding hydrogens is 351 g/mol. The number of ether oxygens (including phenoxy) is 1. The van der Waals surface area contributed by atoms with Gasteiger partial charge in [0.25, 0.3) is 0 Å². The van der Waals surface area contributed by atoms with Gasteiger partial charge in [-0.05, 0) is 37.2 Å². The molecule has 1 atom stereocenters. The maximum Gasteiger partial charge on any atom is 0.307 e. The van der Waals surface area contributed by atoms with Gasteiger partial charge in [-0.25, -0.2) is 12.8 Å². The van der Waals surface area contributed by atoms with E-state index in [0.29, 0.717) is 26.1 Å². The molecule has 0 spiro atoms. The summed E-state index contributed by atoms with van der Waals surface area (Å²) >= 11 is 0. The van der Waals surface area contributed by atoms with Crippen molar-refractivity contribution in [2.45, 2.75) is 23.8 Å². The minimum absolute atomic E-state index is 0.0661. The first kappa shape index (κ1) is 19.3. The summed E-state index contributed by atoms with van der Waals surface area (Å²) in [5, 5.41) is 2.69. The Hall–Kier alpha value is -2.00. The predicted molar refractivity (Wildman–Crippen MR) is 88.1 cm³/mol. The van der Waals surface area contributed by atoms with Crippen molar-refractivity contribution in [2.24, 2.45) is 0 Å². The second-order valence-corrected chi connectivity index (χ2v) is 7.86. The minimum atomic E-state index is -3.52. The minimum Gasteiger partial charge on any atom is -0.469 e. The second kappa shape index (κ2) is 8.39. The Balaban J connectivity index is 1.95. The highest BCUT2D eigenvalue weighted by Crippen LogP contribution is 2.15. The lowest BCUT2D eigenvalue weighted by Crippen LogP contribution is -2.56. The lowest BCUT2D eigenvalue weighted by molar-refractivity contribution is -0.145. The number of piperazine rings is 1. The average molecular weight is 372 g/mol. The molecule has 0 aliphatic carbocycles. The van der Waals surface area contributed by atoms with Gasteiger partial charge in [0.1, 0.15) is 5.82 Å². The molecular formula is C16H21FN2O5S. The smallest absolute Gasteiger partial charge is 0.307 e. The van der Waals surface area contributed by atoms with Gasteiger partial charge in [0, 0.05) is 13.1 Å². The summed E-state index contributed by atoms with van der Waals surface area (Å²) < 4.78 is 42.0. The standard InChI is InChI=1S/C16H21FN2O5S/c1-24-15(20)11-14-16(21)18-7-9-19(14)8-2-10-25(22,23)13-5-3-12(17)4-6-13/h3-6,14H,2,7-11H2,1H3,(H,18,21). The van der Waals surface area contributed by atoms with Crippen LogP contribution in [0.4, 0.5) is 4.39 Å². The Bertz CT molecular complexity index is 721. The third kappa shape index (κ3) is 5.23. The van der Waals surface area contributed by atoms with E-state index in [9.17, 15) is 22.4 Å². The topological polar surface area (TPSA) is 92.8 Å². The van der Waals surface area contributed by atoms with E-state index in [1.807, 2.05) is 0 Å². The van der Waals surface area contributed by atoms with Crippen LogP contribution in [0.1, 0.15) is 12.8 Å². The zero-order chi connectivity index (χ0) is 18.4. The zero-order valence-electron chi connectivity index (χ0n) is 13.9. The quantitative estimate of drug-likeness (QED) is 0.549. The van der Waals surface area contributed by atoms with Crippen molar-refractivity contribution in [1.29, 1.82) is 0 Å². The van der Waals surface area contributed by atoms with Crippen LogP contribution >= 0.6 is 0 Å². The van der Waals surface area contributed by atoms with Crippen LogP contribution in [-0.4, -0.2) is 63.7 Å². The molecule has 1 fully saturated rings. The SMILES string of the molecule is COC(=O)CC1C(=O)NCCN1CCCS(=O)(=O)c1ccc(F)cc1. The average Bonchev–Trinajstić information content (AvgIpc) is 2.57. The Morgan fingerprint density at radius 1 is 1.36 bits per heavy atom. The Labute approximate surface area is 146 Å². The maximum atomic E-state index is 12.9. The van der Waals surface area contributed by atoms with Crippen LogP contribution in [0.5, 0.6) is 0 Å². The van der Waals surface area contributed by atoms with Gasteiger partial charge in [0.05, 0.1) is 30.2 Å². The molecule has 9 heteroatoms. The Morgan fingerprint density at radius 3 is 2.68 bits per heavy atom. The summed E-state index contributed by atoms with van der Waals surface area (Å²) in [5.74, 6) is -1.38. The molecule has 1 aromatic rings. The van der Waals surface area contributed by atoms with Crippen LogP contribution in [-0.2, 0) is 24.2 Å². The molecule has 0 radical (unpaired) electrons. The number of rotatable bonds is 7. The van der Waals surface area contributed by atoms with E-state index in [-0.39, 0.29) is 23.0 Å². The number of halogens is 1. The molecule has 1 N–H and O–H groups in total. The molecule has 2 rings (SSSR count). The number of nitrogens with zero attached hydrogens (tertiary/aromatic N) is 1. The van der Waals surface area contributed by atoms with Crippen LogP contribution in [0, 0.1) is 5.82 Å². The molecule has 1 aromatic carbocycles. The predicted octanol–water partition coefficient (Wildman–Crippen LogP) is 0.353. The Morgan fingerprint density at radius 2 is 2.04 bits per heavy atom. The van der Waals surface area contributed by atoms with Gasteiger partial charge in [-0.3, -0.25) is 14.5 Å². The number of hydrogen-bond acceptors (Lipinski definition) is 6. The fourth-order valence-corrected chi connectivity index (χ4v) is 4.01. The van der Waals surface area contributed by atoms with Crippen molar-refractivity contribution < 1.29 is 27.1 Å². The van der Waals surface area contributed by atoms with Gasteiger partial charge < -0.3 is 10.1 Å². The van der Waals surface area contributed by atoms with Crippen LogP contribution in [0.3, 0.4) is 0 Å². The number of nitrogens with one attached hydrogen (secondary N) is 1. The van der Waals surface area contributed by atoms with Crippen LogP contribution in [0.15, 0.2) is 29.2 Å². The van der Waals surface area contributed by atoms with Crippen molar-refractivity contribution in [3.8, 4) is 0 Å². The van der Waals surface area contributed by atoms with E-state index in [1.165, 1.54) is 19.2 Å². The lowest BCUT2D eigenvalue weighted by Gasteiger charge is -2.34. The van der Waals surface area contributed by atoms with Crippen LogP contribution < -0.4 is 5.32 Å². The number of benzene rings is 1. The first-order valence-corrected chi connectivity index (χ1v) is 9.55.